The highest BCUT2D eigenvalue weighted by molar-refractivity contribution is 5.76. The number of ether oxygens (including phenoxy) is 2. The third-order valence-corrected chi connectivity index (χ3v) is 5.76. The molecule has 0 saturated carbocycles. The molecule has 2 aliphatic rings. The van der Waals surface area contributed by atoms with Crippen molar-refractivity contribution in [3.05, 3.63) is 36.2 Å². The number of tetrazole rings is 1. The zero-order valence-electron chi connectivity index (χ0n) is 17.9. The van der Waals surface area contributed by atoms with Gasteiger partial charge in [0.1, 0.15) is 12.4 Å². The number of amides is 1. The van der Waals surface area contributed by atoms with Crippen LogP contribution in [0.1, 0.15) is 12.2 Å². The molecule has 10 heteroatoms. The smallest absolute Gasteiger partial charge is 0.224 e. The first-order chi connectivity index (χ1) is 15.3. The zero-order valence-corrected chi connectivity index (χ0v) is 17.9. The Kier molecular flexibility index (Phi) is 7.81. The van der Waals surface area contributed by atoms with Crippen molar-refractivity contribution in [1.29, 1.82) is 0 Å². The second-order valence-electron chi connectivity index (χ2n) is 7.84. The predicted molar refractivity (Wildman–Crippen MR) is 113 cm³/mol. The maximum absolute atomic E-state index is 12.7. The molecule has 0 radical (unpaired) electrons. The van der Waals surface area contributed by atoms with Gasteiger partial charge in [-0.05, 0) is 22.6 Å². The molecule has 0 N–H and O–H groups in total. The maximum Gasteiger partial charge on any atom is 0.224 e. The van der Waals surface area contributed by atoms with Crippen LogP contribution in [0, 0.1) is 0 Å². The van der Waals surface area contributed by atoms with Crippen LogP contribution in [-0.4, -0.2) is 106 Å². The van der Waals surface area contributed by atoms with Gasteiger partial charge in [0.2, 0.25) is 5.91 Å². The SMILES string of the molecule is O=C(CCn1nnnc1CN1CCOCC1)N1CCN(CCOc2ccccc2)CC1. The molecule has 10 nitrogen and oxygen atoms in total. The first-order valence-corrected chi connectivity index (χ1v) is 11.0. The highest BCUT2D eigenvalue weighted by Gasteiger charge is 2.22. The van der Waals surface area contributed by atoms with Crippen molar-refractivity contribution in [3.63, 3.8) is 0 Å². The van der Waals surface area contributed by atoms with Gasteiger partial charge in [-0.2, -0.15) is 0 Å². The van der Waals surface area contributed by atoms with Crippen LogP contribution >= 0.6 is 0 Å². The van der Waals surface area contributed by atoms with Crippen LogP contribution in [-0.2, 0) is 22.6 Å². The molecule has 0 atom stereocenters. The summed E-state index contributed by atoms with van der Waals surface area (Å²) in [7, 11) is 0. The van der Waals surface area contributed by atoms with Crippen LogP contribution in [0.15, 0.2) is 30.3 Å². The van der Waals surface area contributed by atoms with Crippen molar-refractivity contribution in [2.75, 3.05) is 65.6 Å². The van der Waals surface area contributed by atoms with E-state index in [9.17, 15) is 4.79 Å². The molecule has 1 amide bonds. The number of carbonyl (C=O) groups excluding carboxylic acids is 1. The first-order valence-electron chi connectivity index (χ1n) is 11.0. The molecule has 2 aliphatic heterocycles. The Bertz CT molecular complexity index is 802. The summed E-state index contributed by atoms with van der Waals surface area (Å²) >= 11 is 0. The van der Waals surface area contributed by atoms with E-state index in [0.29, 0.717) is 26.1 Å². The molecule has 4 rings (SSSR count). The highest BCUT2D eigenvalue weighted by atomic mass is 16.5. The zero-order chi connectivity index (χ0) is 21.3. The Hall–Kier alpha value is -2.56. The van der Waals surface area contributed by atoms with E-state index in [2.05, 4.69) is 25.3 Å². The average molecular weight is 430 g/mol. The molecular weight excluding hydrogens is 398 g/mol. The number of morpholine rings is 1. The molecule has 2 aromatic rings. The summed E-state index contributed by atoms with van der Waals surface area (Å²) in [5, 5.41) is 12.0. The topological polar surface area (TPSA) is 88.8 Å². The first kappa shape index (κ1) is 21.7. The van der Waals surface area contributed by atoms with Crippen molar-refractivity contribution in [3.8, 4) is 5.75 Å². The third kappa shape index (κ3) is 6.46. The van der Waals surface area contributed by atoms with Gasteiger partial charge in [0, 0.05) is 52.2 Å². The minimum absolute atomic E-state index is 0.160. The number of rotatable bonds is 9. The van der Waals surface area contributed by atoms with Crippen LogP contribution in [0.2, 0.25) is 0 Å². The number of hydrogen-bond acceptors (Lipinski definition) is 8. The lowest BCUT2D eigenvalue weighted by atomic mass is 10.2. The Balaban J connectivity index is 1.15. The van der Waals surface area contributed by atoms with Gasteiger partial charge >= 0.3 is 0 Å². The largest absolute Gasteiger partial charge is 0.492 e. The third-order valence-electron chi connectivity index (χ3n) is 5.76. The van der Waals surface area contributed by atoms with Gasteiger partial charge in [-0.25, -0.2) is 4.68 Å². The van der Waals surface area contributed by atoms with Gasteiger partial charge < -0.3 is 14.4 Å². The fourth-order valence-electron chi connectivity index (χ4n) is 3.86. The molecule has 168 valence electrons. The molecule has 1 aromatic heterocycles. The fourth-order valence-corrected chi connectivity index (χ4v) is 3.86. The lowest BCUT2D eigenvalue weighted by molar-refractivity contribution is -0.133. The molecule has 31 heavy (non-hydrogen) atoms. The number of para-hydroxylation sites is 1. The van der Waals surface area contributed by atoms with Crippen molar-refractivity contribution in [2.24, 2.45) is 0 Å². The van der Waals surface area contributed by atoms with Crippen molar-refractivity contribution in [1.82, 2.24) is 34.9 Å². The quantitative estimate of drug-likeness (QED) is 0.555. The Morgan fingerprint density at radius 1 is 0.968 bits per heavy atom. The molecule has 2 fully saturated rings. The molecule has 0 unspecified atom stereocenters. The summed E-state index contributed by atoms with van der Waals surface area (Å²) in [6.07, 6.45) is 0.415. The van der Waals surface area contributed by atoms with E-state index in [1.807, 2.05) is 35.2 Å². The summed E-state index contributed by atoms with van der Waals surface area (Å²) in [6, 6.07) is 9.86. The maximum atomic E-state index is 12.7. The molecule has 0 spiro atoms. The van der Waals surface area contributed by atoms with E-state index in [0.717, 1.165) is 70.6 Å². The summed E-state index contributed by atoms with van der Waals surface area (Å²) in [5.74, 6) is 1.86. The van der Waals surface area contributed by atoms with Crippen LogP contribution in [0.5, 0.6) is 5.75 Å². The van der Waals surface area contributed by atoms with E-state index in [1.54, 1.807) is 4.68 Å². The van der Waals surface area contributed by atoms with E-state index >= 15 is 0 Å². The predicted octanol–water partition coefficient (Wildman–Crippen LogP) is 0.119. The average Bonchev–Trinajstić information content (AvgIpc) is 3.26. The van der Waals surface area contributed by atoms with Crippen LogP contribution in [0.4, 0.5) is 0 Å². The van der Waals surface area contributed by atoms with Crippen LogP contribution in [0.3, 0.4) is 0 Å². The number of hydrogen-bond donors (Lipinski definition) is 0. The second kappa shape index (κ2) is 11.2. The number of aryl methyl sites for hydroxylation is 1. The Morgan fingerprint density at radius 2 is 1.74 bits per heavy atom. The number of nitrogens with zero attached hydrogens (tertiary/aromatic N) is 7. The Labute approximate surface area is 182 Å². The van der Waals surface area contributed by atoms with Gasteiger partial charge in [0.05, 0.1) is 26.3 Å². The summed E-state index contributed by atoms with van der Waals surface area (Å²) < 4.78 is 12.9. The molecule has 0 aliphatic carbocycles. The van der Waals surface area contributed by atoms with Gasteiger partial charge in [-0.3, -0.25) is 14.6 Å². The van der Waals surface area contributed by atoms with Crippen LogP contribution in [0.25, 0.3) is 0 Å². The standard InChI is InChI=1S/C21H31N7O3/c29-21(6-7-28-20(22-23-24-28)18-26-12-15-30-16-13-26)27-10-8-25(9-11-27)14-17-31-19-4-2-1-3-5-19/h1-5H,6-18H2. The summed E-state index contributed by atoms with van der Waals surface area (Å²) in [4.78, 5) is 19.2. The Morgan fingerprint density at radius 3 is 2.52 bits per heavy atom. The number of piperazine rings is 1. The van der Waals surface area contributed by atoms with E-state index in [1.165, 1.54) is 0 Å². The lowest BCUT2D eigenvalue weighted by Crippen LogP contribution is -2.49. The monoisotopic (exact) mass is 429 g/mol. The molecule has 3 heterocycles. The molecule has 1 aromatic carbocycles. The summed E-state index contributed by atoms with van der Waals surface area (Å²) in [5.41, 5.74) is 0. The van der Waals surface area contributed by atoms with Gasteiger partial charge in [0.15, 0.2) is 5.82 Å². The lowest BCUT2D eigenvalue weighted by Gasteiger charge is -2.34. The number of aromatic nitrogens is 4. The van der Waals surface area contributed by atoms with Gasteiger partial charge in [-0.15, -0.1) is 5.10 Å². The van der Waals surface area contributed by atoms with Crippen molar-refractivity contribution < 1.29 is 14.3 Å². The van der Waals surface area contributed by atoms with Gasteiger partial charge in [-0.1, -0.05) is 18.2 Å². The minimum Gasteiger partial charge on any atom is -0.492 e. The van der Waals surface area contributed by atoms with Crippen LogP contribution < -0.4 is 4.74 Å². The second-order valence-corrected chi connectivity index (χ2v) is 7.84. The number of benzene rings is 1. The van der Waals surface area contributed by atoms with E-state index in [4.69, 9.17) is 9.47 Å². The number of carbonyl (C=O) groups is 1. The van der Waals surface area contributed by atoms with E-state index < -0.39 is 0 Å². The van der Waals surface area contributed by atoms with Crippen molar-refractivity contribution in [2.45, 2.75) is 19.5 Å². The normalized spacial score (nSPS) is 18.3. The van der Waals surface area contributed by atoms with E-state index in [-0.39, 0.29) is 5.91 Å². The summed E-state index contributed by atoms with van der Waals surface area (Å²) in [6.45, 7) is 9.21. The highest BCUT2D eigenvalue weighted by Crippen LogP contribution is 2.10. The van der Waals surface area contributed by atoms with Crippen molar-refractivity contribution >= 4 is 5.91 Å². The molecular formula is C21H31N7O3. The van der Waals surface area contributed by atoms with Gasteiger partial charge in [0.25, 0.3) is 0 Å². The molecule has 0 bridgehead atoms. The molecule has 2 saturated heterocycles. The minimum atomic E-state index is 0.160. The fraction of sp³-hybridized carbons (Fsp3) is 0.619.